The molecular formula is C12H21N3O2. The monoisotopic (exact) mass is 239 g/mol. The summed E-state index contributed by atoms with van der Waals surface area (Å²) in [4.78, 5) is 0. The van der Waals surface area contributed by atoms with Crippen molar-refractivity contribution in [2.24, 2.45) is 0 Å². The van der Waals surface area contributed by atoms with Crippen molar-refractivity contribution < 1.29 is 9.84 Å². The fraction of sp³-hybridized carbons (Fsp3) is 0.500. The van der Waals surface area contributed by atoms with Crippen LogP contribution in [0, 0.1) is 0 Å². The number of nitrogens with two attached hydrogens (primary N) is 2. The molecule has 5 nitrogen and oxygen atoms in total. The summed E-state index contributed by atoms with van der Waals surface area (Å²) >= 11 is 0. The molecule has 0 aliphatic rings. The molecule has 5 heteroatoms. The lowest BCUT2D eigenvalue weighted by molar-refractivity contribution is 0.107. The molecule has 1 atom stereocenters. The average Bonchev–Trinajstić information content (AvgIpc) is 2.31. The van der Waals surface area contributed by atoms with Crippen LogP contribution in [0.4, 0.5) is 11.4 Å². The van der Waals surface area contributed by atoms with Crippen LogP contribution in [0.25, 0.3) is 0 Å². The van der Waals surface area contributed by atoms with Crippen molar-refractivity contribution >= 4 is 11.4 Å². The van der Waals surface area contributed by atoms with Crippen LogP contribution in [0.15, 0.2) is 18.2 Å². The second-order valence-corrected chi connectivity index (χ2v) is 3.93. The molecule has 17 heavy (non-hydrogen) atoms. The first-order valence-electron chi connectivity index (χ1n) is 5.80. The number of nitrogens with one attached hydrogen (secondary N) is 1. The Labute approximate surface area is 102 Å². The van der Waals surface area contributed by atoms with E-state index in [0.29, 0.717) is 23.7 Å². The maximum atomic E-state index is 9.64. The number of para-hydroxylation sites is 1. The van der Waals surface area contributed by atoms with Gasteiger partial charge in [-0.3, -0.25) is 0 Å². The van der Waals surface area contributed by atoms with E-state index in [-0.39, 0.29) is 6.61 Å². The van der Waals surface area contributed by atoms with Gasteiger partial charge in [0.1, 0.15) is 18.5 Å². The van der Waals surface area contributed by atoms with Crippen LogP contribution in [-0.2, 0) is 0 Å². The molecule has 0 bridgehead atoms. The van der Waals surface area contributed by atoms with Crippen LogP contribution in [0.2, 0.25) is 0 Å². The number of ether oxygens (including phenoxy) is 1. The molecule has 0 amide bonds. The number of nitrogen functional groups attached to an aromatic ring is 2. The molecule has 0 aliphatic carbocycles. The maximum Gasteiger partial charge on any atom is 0.144 e. The summed E-state index contributed by atoms with van der Waals surface area (Å²) in [6.45, 7) is 3.67. The third-order valence-corrected chi connectivity index (χ3v) is 2.34. The Morgan fingerprint density at radius 3 is 2.88 bits per heavy atom. The van der Waals surface area contributed by atoms with Crippen molar-refractivity contribution in [1.29, 1.82) is 0 Å². The second-order valence-electron chi connectivity index (χ2n) is 3.93. The SMILES string of the molecule is CCCNCC(O)COc1cccc(N)c1N. The van der Waals surface area contributed by atoms with Crippen LogP contribution in [0.5, 0.6) is 5.75 Å². The smallest absolute Gasteiger partial charge is 0.144 e. The van der Waals surface area contributed by atoms with E-state index in [1.54, 1.807) is 18.2 Å². The summed E-state index contributed by atoms with van der Waals surface area (Å²) in [5.74, 6) is 0.513. The number of benzene rings is 1. The van der Waals surface area contributed by atoms with Crippen LogP contribution in [-0.4, -0.2) is 30.9 Å². The highest BCUT2D eigenvalue weighted by Crippen LogP contribution is 2.26. The van der Waals surface area contributed by atoms with Gasteiger partial charge >= 0.3 is 0 Å². The van der Waals surface area contributed by atoms with E-state index >= 15 is 0 Å². The van der Waals surface area contributed by atoms with Gasteiger partial charge in [-0.15, -0.1) is 0 Å². The summed E-state index contributed by atoms with van der Waals surface area (Å²) < 4.78 is 5.42. The van der Waals surface area contributed by atoms with E-state index in [0.717, 1.165) is 13.0 Å². The molecule has 0 radical (unpaired) electrons. The van der Waals surface area contributed by atoms with Crippen molar-refractivity contribution in [2.45, 2.75) is 19.4 Å². The van der Waals surface area contributed by atoms with Gasteiger partial charge in [0.25, 0.3) is 0 Å². The Kier molecular flexibility index (Phi) is 5.59. The molecule has 0 spiro atoms. The van der Waals surface area contributed by atoms with E-state index in [4.69, 9.17) is 16.2 Å². The number of aliphatic hydroxyl groups is 1. The first-order valence-corrected chi connectivity index (χ1v) is 5.80. The van der Waals surface area contributed by atoms with E-state index in [1.807, 2.05) is 0 Å². The first-order chi connectivity index (χ1) is 8.15. The average molecular weight is 239 g/mol. The predicted octanol–water partition coefficient (Wildman–Crippen LogP) is 0.590. The Bertz CT molecular complexity index is 345. The molecule has 96 valence electrons. The molecule has 0 saturated carbocycles. The third-order valence-electron chi connectivity index (χ3n) is 2.34. The largest absolute Gasteiger partial charge is 0.489 e. The molecule has 1 aromatic carbocycles. The van der Waals surface area contributed by atoms with Crippen LogP contribution in [0.1, 0.15) is 13.3 Å². The lowest BCUT2D eigenvalue weighted by atomic mass is 10.2. The van der Waals surface area contributed by atoms with E-state index in [9.17, 15) is 5.11 Å². The summed E-state index contributed by atoms with van der Waals surface area (Å²) in [5, 5.41) is 12.7. The van der Waals surface area contributed by atoms with Gasteiger partial charge in [0.15, 0.2) is 0 Å². The Hall–Kier alpha value is -1.46. The van der Waals surface area contributed by atoms with Crippen molar-refractivity contribution in [3.63, 3.8) is 0 Å². The Morgan fingerprint density at radius 2 is 2.18 bits per heavy atom. The van der Waals surface area contributed by atoms with Gasteiger partial charge < -0.3 is 26.6 Å². The lowest BCUT2D eigenvalue weighted by Crippen LogP contribution is -2.31. The minimum atomic E-state index is -0.553. The van der Waals surface area contributed by atoms with Crippen molar-refractivity contribution in [3.8, 4) is 5.75 Å². The van der Waals surface area contributed by atoms with Gasteiger partial charge in [0, 0.05) is 6.54 Å². The summed E-state index contributed by atoms with van der Waals surface area (Å²) in [6.07, 6.45) is 0.484. The van der Waals surface area contributed by atoms with E-state index in [1.165, 1.54) is 0 Å². The molecule has 0 fully saturated rings. The number of hydrogen-bond acceptors (Lipinski definition) is 5. The molecule has 0 aromatic heterocycles. The van der Waals surface area contributed by atoms with Crippen LogP contribution >= 0.6 is 0 Å². The third kappa shape index (κ3) is 4.50. The van der Waals surface area contributed by atoms with Gasteiger partial charge in [-0.2, -0.15) is 0 Å². The topological polar surface area (TPSA) is 93.5 Å². The molecule has 0 saturated heterocycles. The molecule has 1 unspecified atom stereocenters. The number of rotatable bonds is 7. The highest BCUT2D eigenvalue weighted by Gasteiger charge is 2.07. The van der Waals surface area contributed by atoms with Crippen molar-refractivity contribution in [3.05, 3.63) is 18.2 Å². The summed E-state index contributed by atoms with van der Waals surface area (Å²) in [5.41, 5.74) is 12.3. The molecule has 1 aromatic rings. The summed E-state index contributed by atoms with van der Waals surface area (Å²) in [7, 11) is 0. The first kappa shape index (κ1) is 13.6. The maximum absolute atomic E-state index is 9.64. The van der Waals surface area contributed by atoms with Gasteiger partial charge in [-0.05, 0) is 25.1 Å². The lowest BCUT2D eigenvalue weighted by Gasteiger charge is -2.14. The zero-order chi connectivity index (χ0) is 12.7. The minimum Gasteiger partial charge on any atom is -0.489 e. The normalized spacial score (nSPS) is 12.4. The van der Waals surface area contributed by atoms with Gasteiger partial charge in [0.2, 0.25) is 0 Å². The zero-order valence-electron chi connectivity index (χ0n) is 10.1. The van der Waals surface area contributed by atoms with Crippen LogP contribution in [0.3, 0.4) is 0 Å². The molecule has 1 rings (SSSR count). The molecule has 6 N–H and O–H groups in total. The number of aliphatic hydroxyl groups excluding tert-OH is 1. The minimum absolute atomic E-state index is 0.199. The van der Waals surface area contributed by atoms with E-state index in [2.05, 4.69) is 12.2 Å². The van der Waals surface area contributed by atoms with Gasteiger partial charge in [-0.25, -0.2) is 0 Å². The van der Waals surface area contributed by atoms with Gasteiger partial charge in [0.05, 0.1) is 11.4 Å². The molecule has 0 heterocycles. The second kappa shape index (κ2) is 6.98. The van der Waals surface area contributed by atoms with E-state index < -0.39 is 6.10 Å². The predicted molar refractivity (Wildman–Crippen MR) is 69.9 cm³/mol. The molecule has 0 aliphatic heterocycles. The zero-order valence-corrected chi connectivity index (χ0v) is 10.1. The standard InChI is InChI=1S/C12H21N3O2/c1-2-6-15-7-9(16)8-17-11-5-3-4-10(13)12(11)14/h3-5,9,15-16H,2,6-8,13-14H2,1H3. The highest BCUT2D eigenvalue weighted by atomic mass is 16.5. The number of anilines is 2. The fourth-order valence-corrected chi connectivity index (χ4v) is 1.38. The quantitative estimate of drug-likeness (QED) is 0.413. The highest BCUT2D eigenvalue weighted by molar-refractivity contribution is 5.70. The fourth-order valence-electron chi connectivity index (χ4n) is 1.38. The summed E-state index contributed by atoms with van der Waals surface area (Å²) in [6, 6.07) is 5.21. The Morgan fingerprint density at radius 1 is 1.41 bits per heavy atom. The molecular weight excluding hydrogens is 218 g/mol. The van der Waals surface area contributed by atoms with Crippen molar-refractivity contribution in [1.82, 2.24) is 5.32 Å². The van der Waals surface area contributed by atoms with Crippen LogP contribution < -0.4 is 21.5 Å². The van der Waals surface area contributed by atoms with Gasteiger partial charge in [-0.1, -0.05) is 13.0 Å². The number of hydrogen-bond donors (Lipinski definition) is 4. The van der Waals surface area contributed by atoms with Crippen molar-refractivity contribution in [2.75, 3.05) is 31.2 Å². The Balaban J connectivity index is 2.37.